The molecule has 1 saturated carbocycles. The van der Waals surface area contributed by atoms with Crippen LogP contribution in [0.3, 0.4) is 0 Å². The number of Topliss-reactive ketones (excluding diaryl/α,β-unsaturated/α-hetero) is 2. The van der Waals surface area contributed by atoms with E-state index in [-0.39, 0.29) is 23.0 Å². The lowest BCUT2D eigenvalue weighted by atomic mass is 9.75. The molecular weight excluding hydrogens is 326 g/mol. The molecule has 6 heteroatoms. The molecule has 25 heavy (non-hydrogen) atoms. The topological polar surface area (TPSA) is 59.9 Å². The van der Waals surface area contributed by atoms with Gasteiger partial charge in [0.25, 0.3) is 0 Å². The summed E-state index contributed by atoms with van der Waals surface area (Å²) in [4.78, 5) is 32.9. The maximum atomic E-state index is 13.9. The second-order valence-corrected chi connectivity index (χ2v) is 6.41. The van der Waals surface area contributed by atoms with Crippen molar-refractivity contribution in [2.45, 2.75) is 6.42 Å². The second kappa shape index (κ2) is 5.95. The first-order valence-corrected chi connectivity index (χ1v) is 8.05. The smallest absolute Gasteiger partial charge is 0.223 e. The van der Waals surface area contributed by atoms with Gasteiger partial charge < -0.3 is 0 Å². The summed E-state index contributed by atoms with van der Waals surface area (Å²) in [6.45, 7) is 0. The van der Waals surface area contributed by atoms with Crippen molar-refractivity contribution in [1.82, 2.24) is 9.97 Å². The highest BCUT2D eigenvalue weighted by Gasteiger charge is 2.52. The fraction of sp³-hybridized carbons (Fsp3) is 0.263. The van der Waals surface area contributed by atoms with E-state index in [1.807, 2.05) is 12.2 Å². The lowest BCUT2D eigenvalue weighted by Gasteiger charge is -2.26. The summed E-state index contributed by atoms with van der Waals surface area (Å²) < 4.78 is 27.9. The highest BCUT2D eigenvalue weighted by Crippen LogP contribution is 2.50. The van der Waals surface area contributed by atoms with Crippen molar-refractivity contribution >= 4 is 11.6 Å². The van der Waals surface area contributed by atoms with Gasteiger partial charge in [-0.15, -0.1) is 0 Å². The minimum atomic E-state index is -0.849. The van der Waals surface area contributed by atoms with Crippen molar-refractivity contribution in [2.24, 2.45) is 23.7 Å². The Kier molecular flexibility index (Phi) is 3.75. The Hall–Kier alpha value is -2.76. The lowest BCUT2D eigenvalue weighted by Crippen LogP contribution is -2.34. The predicted octanol–water partition coefficient (Wildman–Crippen LogP) is 3.26. The molecule has 2 aromatic rings. The third-order valence-corrected chi connectivity index (χ3v) is 5.11. The van der Waals surface area contributed by atoms with Gasteiger partial charge in [0.2, 0.25) is 11.9 Å². The van der Waals surface area contributed by atoms with E-state index >= 15 is 0 Å². The molecule has 2 aliphatic rings. The first-order chi connectivity index (χ1) is 12.1. The molecule has 0 spiro atoms. The number of hydrogen-bond acceptors (Lipinski definition) is 4. The van der Waals surface area contributed by atoms with Crippen LogP contribution >= 0.6 is 0 Å². The number of nitrogens with zero attached hydrogens (tertiary/aromatic N) is 2. The Morgan fingerprint density at radius 3 is 1.68 bits per heavy atom. The minimum Gasteiger partial charge on any atom is -0.294 e. The zero-order valence-electron chi connectivity index (χ0n) is 13.1. The van der Waals surface area contributed by atoms with Crippen LogP contribution in [0.4, 0.5) is 8.78 Å². The number of halogens is 2. The number of allylic oxidation sites excluding steroid dienone is 2. The Labute approximate surface area is 142 Å². The van der Waals surface area contributed by atoms with Crippen molar-refractivity contribution in [2.75, 3.05) is 0 Å². The monoisotopic (exact) mass is 340 g/mol. The fourth-order valence-electron chi connectivity index (χ4n) is 4.04. The highest BCUT2D eigenvalue weighted by molar-refractivity contribution is 6.06. The summed E-state index contributed by atoms with van der Waals surface area (Å²) >= 11 is 0. The number of carbonyl (C=O) groups excluding carboxylic acids is 2. The van der Waals surface area contributed by atoms with E-state index in [1.165, 1.54) is 36.7 Å². The lowest BCUT2D eigenvalue weighted by molar-refractivity contribution is 0.0746. The molecule has 2 bridgehead atoms. The van der Waals surface area contributed by atoms with Gasteiger partial charge in [-0.3, -0.25) is 9.59 Å². The van der Waals surface area contributed by atoms with Gasteiger partial charge in [0, 0.05) is 24.2 Å². The molecule has 1 fully saturated rings. The summed E-state index contributed by atoms with van der Waals surface area (Å²) in [6, 6.07) is 5.70. The quantitative estimate of drug-likeness (QED) is 0.487. The Bertz CT molecular complexity index is 825. The first kappa shape index (κ1) is 15.7. The number of hydrogen-bond donors (Lipinski definition) is 0. The fourth-order valence-corrected chi connectivity index (χ4v) is 4.04. The van der Waals surface area contributed by atoms with Crippen LogP contribution in [0.25, 0.3) is 0 Å². The van der Waals surface area contributed by atoms with Gasteiger partial charge >= 0.3 is 0 Å². The van der Waals surface area contributed by atoms with Gasteiger partial charge in [0.15, 0.2) is 11.6 Å². The number of aromatic nitrogens is 2. The van der Waals surface area contributed by atoms with Crippen LogP contribution < -0.4 is 0 Å². The summed E-state index contributed by atoms with van der Waals surface area (Å²) in [5.74, 6) is -4.32. The number of ketones is 2. The SMILES string of the molecule is O=C(c1cccnc1F)C1C2C=CC(C2)C1C(=O)c1cccnc1F. The Balaban J connectivity index is 1.73. The summed E-state index contributed by atoms with van der Waals surface area (Å²) in [5.41, 5.74) is -0.254. The number of carbonyl (C=O) groups is 2. The highest BCUT2D eigenvalue weighted by atomic mass is 19.1. The average molecular weight is 340 g/mol. The van der Waals surface area contributed by atoms with Crippen molar-refractivity contribution in [3.8, 4) is 0 Å². The van der Waals surface area contributed by atoms with Gasteiger partial charge in [0.1, 0.15) is 0 Å². The van der Waals surface area contributed by atoms with E-state index < -0.39 is 35.3 Å². The third kappa shape index (κ3) is 2.49. The van der Waals surface area contributed by atoms with Crippen LogP contribution in [0.5, 0.6) is 0 Å². The van der Waals surface area contributed by atoms with Crippen LogP contribution in [0, 0.1) is 35.6 Å². The number of rotatable bonds is 4. The summed E-state index contributed by atoms with van der Waals surface area (Å²) in [7, 11) is 0. The zero-order chi connectivity index (χ0) is 17.6. The minimum absolute atomic E-state index is 0.127. The van der Waals surface area contributed by atoms with Crippen molar-refractivity contribution in [3.63, 3.8) is 0 Å². The maximum absolute atomic E-state index is 13.9. The van der Waals surface area contributed by atoms with E-state index in [0.29, 0.717) is 6.42 Å². The molecule has 0 radical (unpaired) electrons. The molecule has 0 amide bonds. The molecule has 4 rings (SSSR count). The largest absolute Gasteiger partial charge is 0.294 e. The van der Waals surface area contributed by atoms with Gasteiger partial charge in [0.05, 0.1) is 11.1 Å². The third-order valence-electron chi connectivity index (χ3n) is 5.11. The first-order valence-electron chi connectivity index (χ1n) is 8.05. The summed E-state index contributed by atoms with van der Waals surface area (Å²) in [6.07, 6.45) is 6.95. The molecule has 4 nitrogen and oxygen atoms in total. The van der Waals surface area contributed by atoms with Gasteiger partial charge in [-0.2, -0.15) is 8.78 Å². The van der Waals surface area contributed by atoms with Crippen LogP contribution in [0.1, 0.15) is 27.1 Å². The molecule has 2 aliphatic carbocycles. The molecule has 0 aromatic carbocycles. The van der Waals surface area contributed by atoms with Crippen LogP contribution in [0.2, 0.25) is 0 Å². The Morgan fingerprint density at radius 1 is 0.840 bits per heavy atom. The van der Waals surface area contributed by atoms with Gasteiger partial charge in [-0.1, -0.05) is 12.2 Å². The number of fused-ring (bicyclic) bond motifs is 2. The molecule has 0 saturated heterocycles. The summed E-state index contributed by atoms with van der Waals surface area (Å²) in [5, 5.41) is 0. The molecule has 0 aliphatic heterocycles. The van der Waals surface area contributed by atoms with E-state index in [2.05, 4.69) is 9.97 Å². The van der Waals surface area contributed by atoms with Crippen LogP contribution in [-0.2, 0) is 0 Å². The number of pyridine rings is 2. The van der Waals surface area contributed by atoms with Crippen molar-refractivity contribution in [3.05, 3.63) is 71.8 Å². The van der Waals surface area contributed by atoms with E-state index in [9.17, 15) is 18.4 Å². The molecule has 4 unspecified atom stereocenters. The normalized spacial score (nSPS) is 26.8. The molecule has 0 N–H and O–H groups in total. The van der Waals surface area contributed by atoms with E-state index in [1.54, 1.807) is 0 Å². The van der Waals surface area contributed by atoms with Crippen molar-refractivity contribution < 1.29 is 18.4 Å². The van der Waals surface area contributed by atoms with E-state index in [4.69, 9.17) is 0 Å². The molecule has 2 aromatic heterocycles. The maximum Gasteiger partial charge on any atom is 0.223 e. The van der Waals surface area contributed by atoms with Gasteiger partial charge in [-0.25, -0.2) is 9.97 Å². The van der Waals surface area contributed by atoms with Crippen molar-refractivity contribution in [1.29, 1.82) is 0 Å². The van der Waals surface area contributed by atoms with Crippen LogP contribution in [-0.4, -0.2) is 21.5 Å². The molecule has 4 atom stereocenters. The molecule has 126 valence electrons. The second-order valence-electron chi connectivity index (χ2n) is 6.41. The molecular formula is C19H14F2N2O2. The average Bonchev–Trinajstić information content (AvgIpc) is 3.22. The van der Waals surface area contributed by atoms with Gasteiger partial charge in [-0.05, 0) is 42.5 Å². The Morgan fingerprint density at radius 2 is 1.28 bits per heavy atom. The zero-order valence-corrected chi connectivity index (χ0v) is 13.1. The van der Waals surface area contributed by atoms with E-state index in [0.717, 1.165) is 0 Å². The van der Waals surface area contributed by atoms with Crippen LogP contribution in [0.15, 0.2) is 48.8 Å². The predicted molar refractivity (Wildman–Crippen MR) is 84.8 cm³/mol. The molecule has 2 heterocycles. The standard InChI is InChI=1S/C19H14F2N2O2/c20-18-12(3-1-7-22-18)16(24)14-10-5-6-11(9-10)15(14)17(25)13-4-2-8-23-19(13)21/h1-8,10-11,14-15H,9H2.